The van der Waals surface area contributed by atoms with Crippen molar-refractivity contribution in [3.63, 3.8) is 0 Å². The third-order valence-electron chi connectivity index (χ3n) is 4.54. The van der Waals surface area contributed by atoms with E-state index in [1.54, 1.807) is 6.26 Å². The molecule has 21 heavy (non-hydrogen) atoms. The minimum atomic E-state index is 0.121. The summed E-state index contributed by atoms with van der Waals surface area (Å²) in [7, 11) is 0. The van der Waals surface area contributed by atoms with E-state index in [-0.39, 0.29) is 5.91 Å². The van der Waals surface area contributed by atoms with E-state index in [0.29, 0.717) is 17.6 Å². The Balaban J connectivity index is 1.61. The van der Waals surface area contributed by atoms with Gasteiger partial charge >= 0.3 is 0 Å². The van der Waals surface area contributed by atoms with Crippen LogP contribution in [0, 0.1) is 0 Å². The fourth-order valence-electron chi connectivity index (χ4n) is 3.23. The van der Waals surface area contributed by atoms with Crippen LogP contribution in [-0.4, -0.2) is 36.0 Å². The molecule has 0 spiro atoms. The molecule has 1 N–H and O–H groups in total. The number of fused-ring (bicyclic) bond motifs is 1. The van der Waals surface area contributed by atoms with Crippen molar-refractivity contribution in [2.24, 2.45) is 0 Å². The molecule has 1 unspecified atom stereocenters. The lowest BCUT2D eigenvalue weighted by Crippen LogP contribution is -2.42. The van der Waals surface area contributed by atoms with E-state index in [0.717, 1.165) is 36.9 Å². The number of hydrogen-bond acceptors (Lipinski definition) is 3. The van der Waals surface area contributed by atoms with Gasteiger partial charge in [-0.15, -0.1) is 0 Å². The van der Waals surface area contributed by atoms with Crippen molar-refractivity contribution in [1.82, 2.24) is 10.2 Å². The molecule has 4 rings (SSSR count). The first-order valence-corrected chi connectivity index (χ1v) is 7.83. The average Bonchev–Trinajstić information content (AvgIpc) is 3.05. The second kappa shape index (κ2) is 5.19. The molecular weight excluding hydrogens is 264 g/mol. The van der Waals surface area contributed by atoms with Crippen molar-refractivity contribution in [3.8, 4) is 0 Å². The normalized spacial score (nSPS) is 21.8. The number of furan rings is 1. The molecule has 1 aliphatic carbocycles. The number of carbonyl (C=O) groups excluding carboxylic acids is 1. The van der Waals surface area contributed by atoms with E-state index in [2.05, 4.69) is 10.2 Å². The Hall–Kier alpha value is -1.81. The fourth-order valence-corrected chi connectivity index (χ4v) is 3.23. The van der Waals surface area contributed by atoms with E-state index in [1.165, 1.54) is 12.8 Å². The van der Waals surface area contributed by atoms with Gasteiger partial charge in [-0.3, -0.25) is 4.79 Å². The Bertz CT molecular complexity index is 654. The molecule has 2 heterocycles. The number of amides is 1. The van der Waals surface area contributed by atoms with Crippen LogP contribution in [-0.2, 0) is 0 Å². The number of benzene rings is 1. The summed E-state index contributed by atoms with van der Waals surface area (Å²) in [5.41, 5.74) is 1.49. The highest BCUT2D eigenvalue weighted by molar-refractivity contribution is 6.06. The molecule has 0 bridgehead atoms. The zero-order valence-electron chi connectivity index (χ0n) is 12.0. The van der Waals surface area contributed by atoms with E-state index in [9.17, 15) is 4.79 Å². The Morgan fingerprint density at radius 3 is 2.90 bits per heavy atom. The maximum absolute atomic E-state index is 12.9. The van der Waals surface area contributed by atoms with Crippen LogP contribution in [0.1, 0.15) is 36.0 Å². The second-order valence-electron chi connectivity index (χ2n) is 6.13. The SMILES string of the molecule is O=C(c1coc2ccccc12)N(CC1CCCN1)C1CC1. The third kappa shape index (κ3) is 2.44. The molecule has 1 atom stereocenters. The van der Waals surface area contributed by atoms with Crippen LogP contribution in [0.3, 0.4) is 0 Å². The number of nitrogens with one attached hydrogen (secondary N) is 1. The van der Waals surface area contributed by atoms with Crippen molar-refractivity contribution in [2.45, 2.75) is 37.8 Å². The van der Waals surface area contributed by atoms with Crippen molar-refractivity contribution >= 4 is 16.9 Å². The van der Waals surface area contributed by atoms with Crippen molar-refractivity contribution in [2.75, 3.05) is 13.1 Å². The minimum Gasteiger partial charge on any atom is -0.463 e. The highest BCUT2D eigenvalue weighted by Crippen LogP contribution is 2.31. The molecule has 110 valence electrons. The van der Waals surface area contributed by atoms with Crippen LogP contribution in [0.2, 0.25) is 0 Å². The van der Waals surface area contributed by atoms with Crippen LogP contribution in [0.25, 0.3) is 11.0 Å². The van der Waals surface area contributed by atoms with Crippen LogP contribution in [0.5, 0.6) is 0 Å². The molecule has 4 nitrogen and oxygen atoms in total. The summed E-state index contributed by atoms with van der Waals surface area (Å²) in [6.07, 6.45) is 6.27. The lowest BCUT2D eigenvalue weighted by Gasteiger charge is -2.25. The predicted octanol–water partition coefficient (Wildman–Crippen LogP) is 2.79. The molecular formula is C17H20N2O2. The van der Waals surface area contributed by atoms with Crippen LogP contribution in [0.4, 0.5) is 0 Å². The third-order valence-corrected chi connectivity index (χ3v) is 4.54. The highest BCUT2D eigenvalue weighted by Gasteiger charge is 2.35. The standard InChI is InChI=1S/C17H20N2O2/c20-17(15-11-21-16-6-2-1-5-14(15)16)19(13-7-8-13)10-12-4-3-9-18-12/h1-2,5-6,11-13,18H,3-4,7-10H2. The van der Waals surface area contributed by atoms with Gasteiger partial charge in [0.15, 0.2) is 0 Å². The monoisotopic (exact) mass is 284 g/mol. The molecule has 1 aliphatic heterocycles. The van der Waals surface area contributed by atoms with Crippen molar-refractivity contribution in [1.29, 1.82) is 0 Å². The predicted molar refractivity (Wildman–Crippen MR) is 81.3 cm³/mol. The summed E-state index contributed by atoms with van der Waals surface area (Å²) >= 11 is 0. The fraction of sp³-hybridized carbons (Fsp3) is 0.471. The van der Waals surface area contributed by atoms with Gasteiger partial charge in [0.1, 0.15) is 11.8 Å². The van der Waals surface area contributed by atoms with E-state index >= 15 is 0 Å². The zero-order chi connectivity index (χ0) is 14.2. The Morgan fingerprint density at radius 2 is 2.14 bits per heavy atom. The van der Waals surface area contributed by atoms with E-state index < -0.39 is 0 Å². The van der Waals surface area contributed by atoms with Crippen LogP contribution in [0.15, 0.2) is 34.9 Å². The molecule has 2 aromatic rings. The van der Waals surface area contributed by atoms with Gasteiger partial charge in [-0.25, -0.2) is 0 Å². The highest BCUT2D eigenvalue weighted by atomic mass is 16.3. The topological polar surface area (TPSA) is 45.5 Å². The molecule has 2 aliphatic rings. The van der Waals surface area contributed by atoms with Gasteiger partial charge in [-0.05, 0) is 38.3 Å². The van der Waals surface area contributed by atoms with Gasteiger partial charge < -0.3 is 14.6 Å². The molecule has 1 amide bonds. The summed E-state index contributed by atoms with van der Waals surface area (Å²) in [5, 5.41) is 4.41. The van der Waals surface area contributed by atoms with Gasteiger partial charge in [0, 0.05) is 24.0 Å². The zero-order valence-corrected chi connectivity index (χ0v) is 12.0. The molecule has 2 fully saturated rings. The molecule has 4 heteroatoms. The van der Waals surface area contributed by atoms with Gasteiger partial charge in [0.05, 0.1) is 5.56 Å². The van der Waals surface area contributed by atoms with E-state index in [4.69, 9.17) is 4.42 Å². The molecule has 1 aromatic heterocycles. The second-order valence-corrected chi connectivity index (χ2v) is 6.13. The molecule has 1 saturated heterocycles. The Labute approximate surface area is 124 Å². The summed E-state index contributed by atoms with van der Waals surface area (Å²) in [6, 6.07) is 8.63. The maximum atomic E-state index is 12.9. The van der Waals surface area contributed by atoms with Crippen LogP contribution >= 0.6 is 0 Å². The van der Waals surface area contributed by atoms with Gasteiger partial charge in [0.25, 0.3) is 5.91 Å². The summed E-state index contributed by atoms with van der Waals surface area (Å²) in [6.45, 7) is 1.90. The van der Waals surface area contributed by atoms with Gasteiger partial charge in [0.2, 0.25) is 0 Å². The average molecular weight is 284 g/mol. The van der Waals surface area contributed by atoms with Crippen molar-refractivity contribution < 1.29 is 9.21 Å². The smallest absolute Gasteiger partial charge is 0.258 e. The van der Waals surface area contributed by atoms with Crippen molar-refractivity contribution in [3.05, 3.63) is 36.1 Å². The number of hydrogen-bond donors (Lipinski definition) is 1. The number of carbonyl (C=O) groups is 1. The van der Waals surface area contributed by atoms with E-state index in [1.807, 2.05) is 24.3 Å². The summed E-state index contributed by atoms with van der Waals surface area (Å²) < 4.78 is 5.53. The lowest BCUT2D eigenvalue weighted by molar-refractivity contribution is 0.0729. The Morgan fingerprint density at radius 1 is 1.29 bits per heavy atom. The quantitative estimate of drug-likeness (QED) is 0.939. The molecule has 1 saturated carbocycles. The largest absolute Gasteiger partial charge is 0.463 e. The Kier molecular flexibility index (Phi) is 3.19. The van der Waals surface area contributed by atoms with Crippen LogP contribution < -0.4 is 5.32 Å². The summed E-state index contributed by atoms with van der Waals surface area (Å²) in [5.74, 6) is 0.121. The number of rotatable bonds is 4. The number of para-hydroxylation sites is 1. The lowest BCUT2D eigenvalue weighted by atomic mass is 10.1. The minimum absolute atomic E-state index is 0.121. The first kappa shape index (κ1) is 12.9. The first-order chi connectivity index (χ1) is 10.3. The summed E-state index contributed by atoms with van der Waals surface area (Å²) in [4.78, 5) is 15.0. The number of nitrogens with zero attached hydrogens (tertiary/aromatic N) is 1. The first-order valence-electron chi connectivity index (χ1n) is 7.83. The van der Waals surface area contributed by atoms with Gasteiger partial charge in [-0.2, -0.15) is 0 Å². The molecule has 0 radical (unpaired) electrons. The van der Waals surface area contributed by atoms with Gasteiger partial charge in [-0.1, -0.05) is 18.2 Å². The maximum Gasteiger partial charge on any atom is 0.258 e. The molecule has 1 aromatic carbocycles.